The zero-order valence-corrected chi connectivity index (χ0v) is 6.42. The molecule has 0 aromatic heterocycles. The average Bonchev–Trinajstić information content (AvgIpc) is 1.82. The highest BCUT2D eigenvalue weighted by Crippen LogP contribution is 1.94. The van der Waals surface area contributed by atoms with Gasteiger partial charge in [0.2, 0.25) is 6.41 Å². The van der Waals surface area contributed by atoms with Gasteiger partial charge in [-0.15, -0.1) is 0 Å². The van der Waals surface area contributed by atoms with Gasteiger partial charge in [0.05, 0.1) is 0 Å². The summed E-state index contributed by atoms with van der Waals surface area (Å²) in [7, 11) is 0. The van der Waals surface area contributed by atoms with Crippen LogP contribution in [0, 0.1) is 5.92 Å². The lowest BCUT2D eigenvalue weighted by Crippen LogP contribution is -2.25. The van der Waals surface area contributed by atoms with Gasteiger partial charge in [-0.1, -0.05) is 13.8 Å². The van der Waals surface area contributed by atoms with Crippen LogP contribution in [0.15, 0.2) is 0 Å². The van der Waals surface area contributed by atoms with Gasteiger partial charge in [-0.05, 0) is 12.8 Å². The van der Waals surface area contributed by atoms with Crippen molar-refractivity contribution >= 4 is 6.41 Å². The van der Waals surface area contributed by atoms with E-state index in [9.17, 15) is 4.79 Å². The van der Waals surface area contributed by atoms with E-state index in [1.54, 1.807) is 4.90 Å². The van der Waals surface area contributed by atoms with Gasteiger partial charge >= 0.3 is 0 Å². The SMILES string of the molecule is CCN(C=O)CC(C)C. The van der Waals surface area contributed by atoms with E-state index in [-0.39, 0.29) is 0 Å². The Morgan fingerprint density at radius 2 is 2.11 bits per heavy atom. The van der Waals surface area contributed by atoms with Crippen LogP contribution in [0.3, 0.4) is 0 Å². The van der Waals surface area contributed by atoms with Crippen molar-refractivity contribution in [2.24, 2.45) is 5.92 Å². The Balaban J connectivity index is 3.42. The molecule has 9 heavy (non-hydrogen) atoms. The lowest BCUT2D eigenvalue weighted by atomic mass is 10.2. The zero-order valence-electron chi connectivity index (χ0n) is 6.42. The molecule has 54 valence electrons. The summed E-state index contributed by atoms with van der Waals surface area (Å²) in [6.07, 6.45) is 0.903. The Labute approximate surface area is 56.9 Å². The topological polar surface area (TPSA) is 20.3 Å². The second kappa shape index (κ2) is 4.36. The molecule has 0 spiro atoms. The predicted molar refractivity (Wildman–Crippen MR) is 38.1 cm³/mol. The quantitative estimate of drug-likeness (QED) is 0.521. The second-order valence-corrected chi connectivity index (χ2v) is 2.59. The van der Waals surface area contributed by atoms with E-state index in [0.717, 1.165) is 19.5 Å². The fourth-order valence-corrected chi connectivity index (χ4v) is 0.716. The Hall–Kier alpha value is -0.530. The highest BCUT2D eigenvalue weighted by atomic mass is 16.1. The number of nitrogens with zero attached hydrogens (tertiary/aromatic N) is 1. The standard InChI is InChI=1S/C7H15NO/c1-4-8(6-9)5-7(2)3/h6-7H,4-5H2,1-3H3. The van der Waals surface area contributed by atoms with Crippen molar-refractivity contribution in [2.75, 3.05) is 13.1 Å². The molecule has 0 aromatic rings. The van der Waals surface area contributed by atoms with E-state index < -0.39 is 0 Å². The van der Waals surface area contributed by atoms with Crippen LogP contribution in [-0.4, -0.2) is 24.4 Å². The normalized spacial score (nSPS) is 9.78. The van der Waals surface area contributed by atoms with Crippen molar-refractivity contribution in [2.45, 2.75) is 20.8 Å². The number of carbonyl (C=O) groups is 1. The van der Waals surface area contributed by atoms with E-state index in [1.165, 1.54) is 0 Å². The van der Waals surface area contributed by atoms with Gasteiger partial charge < -0.3 is 4.90 Å². The summed E-state index contributed by atoms with van der Waals surface area (Å²) in [6.45, 7) is 7.89. The molecule has 0 N–H and O–H groups in total. The minimum absolute atomic E-state index is 0.579. The van der Waals surface area contributed by atoms with Crippen LogP contribution in [0.5, 0.6) is 0 Å². The molecule has 1 amide bonds. The molecular weight excluding hydrogens is 114 g/mol. The van der Waals surface area contributed by atoms with E-state index >= 15 is 0 Å². The van der Waals surface area contributed by atoms with Crippen LogP contribution in [-0.2, 0) is 4.79 Å². The number of carbonyl (C=O) groups excluding carboxylic acids is 1. The van der Waals surface area contributed by atoms with E-state index in [2.05, 4.69) is 13.8 Å². The predicted octanol–water partition coefficient (Wildman–Crippen LogP) is 1.12. The first-order valence-corrected chi connectivity index (χ1v) is 3.40. The summed E-state index contributed by atoms with van der Waals surface area (Å²) in [5, 5.41) is 0. The average molecular weight is 129 g/mol. The van der Waals surface area contributed by atoms with E-state index in [0.29, 0.717) is 5.92 Å². The Morgan fingerprint density at radius 1 is 1.56 bits per heavy atom. The minimum atomic E-state index is 0.579. The third-order valence-corrected chi connectivity index (χ3v) is 1.15. The number of rotatable bonds is 4. The summed E-state index contributed by atoms with van der Waals surface area (Å²) >= 11 is 0. The molecule has 0 aliphatic rings. The molecule has 0 radical (unpaired) electrons. The van der Waals surface area contributed by atoms with Crippen molar-refractivity contribution in [3.8, 4) is 0 Å². The molecule has 0 rings (SSSR count). The monoisotopic (exact) mass is 129 g/mol. The van der Waals surface area contributed by atoms with Gasteiger partial charge in [0.25, 0.3) is 0 Å². The van der Waals surface area contributed by atoms with Gasteiger partial charge in [0, 0.05) is 13.1 Å². The fourth-order valence-electron chi connectivity index (χ4n) is 0.716. The Kier molecular flexibility index (Phi) is 4.10. The number of hydrogen-bond donors (Lipinski definition) is 0. The lowest BCUT2D eigenvalue weighted by Gasteiger charge is -2.16. The van der Waals surface area contributed by atoms with E-state index in [4.69, 9.17) is 0 Å². The minimum Gasteiger partial charge on any atom is -0.345 e. The maximum Gasteiger partial charge on any atom is 0.209 e. The lowest BCUT2D eigenvalue weighted by molar-refractivity contribution is -0.118. The maximum absolute atomic E-state index is 10.2. The van der Waals surface area contributed by atoms with Crippen molar-refractivity contribution in [3.05, 3.63) is 0 Å². The molecule has 0 heterocycles. The van der Waals surface area contributed by atoms with Crippen LogP contribution in [0.25, 0.3) is 0 Å². The fraction of sp³-hybridized carbons (Fsp3) is 0.857. The molecule has 0 saturated heterocycles. The van der Waals surface area contributed by atoms with Crippen molar-refractivity contribution in [3.63, 3.8) is 0 Å². The third kappa shape index (κ3) is 4.01. The summed E-state index contributed by atoms with van der Waals surface area (Å²) in [4.78, 5) is 12.0. The summed E-state index contributed by atoms with van der Waals surface area (Å²) < 4.78 is 0. The molecule has 0 bridgehead atoms. The number of hydrogen-bond acceptors (Lipinski definition) is 1. The summed E-state index contributed by atoms with van der Waals surface area (Å²) in [5.41, 5.74) is 0. The molecule has 2 nitrogen and oxygen atoms in total. The summed E-state index contributed by atoms with van der Waals surface area (Å²) in [6, 6.07) is 0. The van der Waals surface area contributed by atoms with Crippen molar-refractivity contribution in [1.29, 1.82) is 0 Å². The van der Waals surface area contributed by atoms with Gasteiger partial charge in [-0.2, -0.15) is 0 Å². The highest BCUT2D eigenvalue weighted by Gasteiger charge is 1.99. The molecule has 0 aromatic carbocycles. The first kappa shape index (κ1) is 8.47. The van der Waals surface area contributed by atoms with Gasteiger partial charge in [0.15, 0.2) is 0 Å². The summed E-state index contributed by atoms with van der Waals surface area (Å²) in [5.74, 6) is 0.579. The first-order valence-electron chi connectivity index (χ1n) is 3.40. The van der Waals surface area contributed by atoms with Gasteiger partial charge in [-0.25, -0.2) is 0 Å². The molecule has 2 heteroatoms. The van der Waals surface area contributed by atoms with Crippen molar-refractivity contribution in [1.82, 2.24) is 4.90 Å². The van der Waals surface area contributed by atoms with Crippen LogP contribution < -0.4 is 0 Å². The van der Waals surface area contributed by atoms with Crippen LogP contribution in [0.4, 0.5) is 0 Å². The second-order valence-electron chi connectivity index (χ2n) is 2.59. The molecule has 0 saturated carbocycles. The third-order valence-electron chi connectivity index (χ3n) is 1.15. The first-order chi connectivity index (χ1) is 4.20. The maximum atomic E-state index is 10.2. The Morgan fingerprint density at radius 3 is 2.22 bits per heavy atom. The molecule has 0 aliphatic carbocycles. The largest absolute Gasteiger partial charge is 0.345 e. The van der Waals surface area contributed by atoms with Gasteiger partial charge in [0.1, 0.15) is 0 Å². The van der Waals surface area contributed by atoms with E-state index in [1.807, 2.05) is 6.92 Å². The molecule has 0 aliphatic heterocycles. The number of amides is 1. The molecular formula is C7H15NO. The smallest absolute Gasteiger partial charge is 0.209 e. The van der Waals surface area contributed by atoms with Crippen LogP contribution >= 0.6 is 0 Å². The van der Waals surface area contributed by atoms with Crippen LogP contribution in [0.2, 0.25) is 0 Å². The van der Waals surface area contributed by atoms with Crippen LogP contribution in [0.1, 0.15) is 20.8 Å². The highest BCUT2D eigenvalue weighted by molar-refractivity contribution is 5.46. The Bertz CT molecular complexity index is 81.0. The molecule has 0 fully saturated rings. The zero-order chi connectivity index (χ0) is 7.28. The van der Waals surface area contributed by atoms with Crippen molar-refractivity contribution < 1.29 is 4.79 Å². The molecule has 0 unspecified atom stereocenters. The van der Waals surface area contributed by atoms with Gasteiger partial charge in [-0.3, -0.25) is 4.79 Å². The molecule has 0 atom stereocenters.